The van der Waals surface area contributed by atoms with Crippen molar-refractivity contribution in [3.63, 3.8) is 0 Å². The Hall–Kier alpha value is -1.25. The summed E-state index contributed by atoms with van der Waals surface area (Å²) in [5, 5.41) is 3.58. The number of benzene rings is 2. The van der Waals surface area contributed by atoms with Gasteiger partial charge in [-0.3, -0.25) is 0 Å². The van der Waals surface area contributed by atoms with Gasteiger partial charge in [0.2, 0.25) is 0 Å². The van der Waals surface area contributed by atoms with Gasteiger partial charge in [-0.2, -0.15) is 0 Å². The van der Waals surface area contributed by atoms with Gasteiger partial charge < -0.3 is 5.32 Å². The van der Waals surface area contributed by atoms with Crippen molar-refractivity contribution in [3.05, 3.63) is 59.2 Å². The second-order valence-corrected chi connectivity index (χ2v) is 6.81. The van der Waals surface area contributed by atoms with Gasteiger partial charge in [0.1, 0.15) is 0 Å². The van der Waals surface area contributed by atoms with Gasteiger partial charge in [-0.1, -0.05) is 35.5 Å². The first-order valence-corrected chi connectivity index (χ1v) is 8.10. The predicted molar refractivity (Wildman–Crippen MR) is 86.3 cm³/mol. The number of nitrogens with one attached hydrogen (secondary N) is 1. The normalized spacial score (nSPS) is 14.5. The zero-order valence-corrected chi connectivity index (χ0v) is 13.0. The van der Waals surface area contributed by atoms with Crippen LogP contribution in [-0.2, 0) is 6.54 Å². The third-order valence-electron chi connectivity index (χ3n) is 3.70. The molecular formula is C18H21NS. The minimum absolute atomic E-state index is 0.774. The topological polar surface area (TPSA) is 12.0 Å². The molecule has 1 aliphatic carbocycles. The van der Waals surface area contributed by atoms with Crippen molar-refractivity contribution in [1.82, 2.24) is 5.32 Å². The van der Waals surface area contributed by atoms with Gasteiger partial charge >= 0.3 is 0 Å². The van der Waals surface area contributed by atoms with Gasteiger partial charge in [-0.05, 0) is 62.1 Å². The Labute approximate surface area is 125 Å². The van der Waals surface area contributed by atoms with E-state index in [1.165, 1.54) is 39.3 Å². The Kier molecular flexibility index (Phi) is 4.13. The van der Waals surface area contributed by atoms with Gasteiger partial charge in [0, 0.05) is 22.4 Å². The molecule has 0 aliphatic heterocycles. The average molecular weight is 283 g/mol. The fourth-order valence-electron chi connectivity index (χ4n) is 2.29. The molecule has 0 bridgehead atoms. The monoisotopic (exact) mass is 283 g/mol. The van der Waals surface area contributed by atoms with Crippen LogP contribution >= 0.6 is 11.8 Å². The molecule has 104 valence electrons. The highest BCUT2D eigenvalue weighted by atomic mass is 32.2. The molecule has 0 atom stereocenters. The molecule has 1 nitrogen and oxygen atoms in total. The minimum atomic E-state index is 0.774. The van der Waals surface area contributed by atoms with E-state index in [9.17, 15) is 0 Å². The molecule has 0 radical (unpaired) electrons. The Morgan fingerprint density at radius 2 is 1.85 bits per heavy atom. The summed E-state index contributed by atoms with van der Waals surface area (Å²) in [6, 6.07) is 16.3. The number of rotatable bonds is 5. The fraction of sp³-hybridized carbons (Fsp3) is 0.333. The highest BCUT2D eigenvalue weighted by Crippen LogP contribution is 2.29. The van der Waals surface area contributed by atoms with Gasteiger partial charge in [-0.15, -0.1) is 0 Å². The summed E-state index contributed by atoms with van der Waals surface area (Å²) in [6.07, 6.45) is 2.70. The van der Waals surface area contributed by atoms with Crippen molar-refractivity contribution in [1.29, 1.82) is 0 Å². The molecule has 0 heterocycles. The maximum absolute atomic E-state index is 3.58. The van der Waals surface area contributed by atoms with Crippen molar-refractivity contribution in [2.75, 3.05) is 0 Å². The van der Waals surface area contributed by atoms with E-state index < -0.39 is 0 Å². The van der Waals surface area contributed by atoms with E-state index in [1.807, 2.05) is 11.8 Å². The Morgan fingerprint density at radius 1 is 1.05 bits per heavy atom. The van der Waals surface area contributed by atoms with Gasteiger partial charge in [0.05, 0.1) is 0 Å². The lowest BCUT2D eigenvalue weighted by Gasteiger charge is -2.09. The van der Waals surface area contributed by atoms with Crippen molar-refractivity contribution >= 4 is 11.8 Å². The van der Waals surface area contributed by atoms with E-state index in [0.29, 0.717) is 0 Å². The highest BCUT2D eigenvalue weighted by molar-refractivity contribution is 7.99. The van der Waals surface area contributed by atoms with Crippen molar-refractivity contribution in [2.45, 2.75) is 49.1 Å². The van der Waals surface area contributed by atoms with Crippen LogP contribution in [0, 0.1) is 13.8 Å². The third kappa shape index (κ3) is 3.65. The molecule has 0 saturated heterocycles. The van der Waals surface area contributed by atoms with Crippen molar-refractivity contribution in [3.8, 4) is 0 Å². The van der Waals surface area contributed by atoms with Crippen molar-refractivity contribution in [2.24, 2.45) is 0 Å². The summed E-state index contributed by atoms with van der Waals surface area (Å²) in [5.41, 5.74) is 4.12. The Bertz CT molecular complexity index is 602. The standard InChI is InChI=1S/C18H21NS/c1-13-4-3-5-17(10-13)20-18-9-6-15(14(2)11-18)12-19-16-7-8-16/h3-6,9-11,16,19H,7-8,12H2,1-2H3. The summed E-state index contributed by atoms with van der Waals surface area (Å²) < 4.78 is 0. The molecular weight excluding hydrogens is 262 g/mol. The molecule has 2 aromatic rings. The van der Waals surface area contributed by atoms with Crippen LogP contribution in [0.25, 0.3) is 0 Å². The number of hydrogen-bond acceptors (Lipinski definition) is 2. The fourth-order valence-corrected chi connectivity index (χ4v) is 3.32. The van der Waals surface area contributed by atoms with Crippen LogP contribution in [-0.4, -0.2) is 6.04 Å². The van der Waals surface area contributed by atoms with E-state index >= 15 is 0 Å². The molecule has 0 unspecified atom stereocenters. The summed E-state index contributed by atoms with van der Waals surface area (Å²) in [5.74, 6) is 0. The molecule has 1 fully saturated rings. The lowest BCUT2D eigenvalue weighted by Crippen LogP contribution is -2.15. The van der Waals surface area contributed by atoms with Gasteiger partial charge in [0.25, 0.3) is 0 Å². The van der Waals surface area contributed by atoms with E-state index in [0.717, 1.165) is 12.6 Å². The number of hydrogen-bond donors (Lipinski definition) is 1. The van der Waals surface area contributed by atoms with Gasteiger partial charge in [0.15, 0.2) is 0 Å². The van der Waals surface area contributed by atoms with E-state index in [4.69, 9.17) is 0 Å². The second kappa shape index (κ2) is 6.02. The molecule has 0 amide bonds. The zero-order chi connectivity index (χ0) is 13.9. The number of aryl methyl sites for hydroxylation is 2. The first-order valence-electron chi connectivity index (χ1n) is 7.28. The molecule has 0 spiro atoms. The SMILES string of the molecule is Cc1cccc(Sc2ccc(CNC3CC3)c(C)c2)c1. The third-order valence-corrected chi connectivity index (χ3v) is 4.68. The molecule has 1 aliphatic rings. The molecule has 1 saturated carbocycles. The van der Waals surface area contributed by atoms with Crippen LogP contribution in [0.5, 0.6) is 0 Å². The zero-order valence-electron chi connectivity index (χ0n) is 12.1. The predicted octanol–water partition coefficient (Wildman–Crippen LogP) is 4.71. The van der Waals surface area contributed by atoms with Crippen LogP contribution in [0.15, 0.2) is 52.3 Å². The maximum atomic E-state index is 3.58. The summed E-state index contributed by atoms with van der Waals surface area (Å²) in [6.45, 7) is 5.36. The summed E-state index contributed by atoms with van der Waals surface area (Å²) >= 11 is 1.84. The smallest absolute Gasteiger partial charge is 0.0210 e. The van der Waals surface area contributed by atoms with Gasteiger partial charge in [-0.25, -0.2) is 0 Å². The first kappa shape index (κ1) is 13.7. The largest absolute Gasteiger partial charge is 0.310 e. The quantitative estimate of drug-likeness (QED) is 0.853. The van der Waals surface area contributed by atoms with E-state index in [1.54, 1.807) is 0 Å². The summed E-state index contributed by atoms with van der Waals surface area (Å²) in [4.78, 5) is 2.64. The van der Waals surface area contributed by atoms with Crippen LogP contribution in [0.2, 0.25) is 0 Å². The van der Waals surface area contributed by atoms with Crippen molar-refractivity contribution < 1.29 is 0 Å². The van der Waals surface area contributed by atoms with Crippen LogP contribution in [0.3, 0.4) is 0 Å². The van der Waals surface area contributed by atoms with Crippen LogP contribution < -0.4 is 5.32 Å². The summed E-state index contributed by atoms with van der Waals surface area (Å²) in [7, 11) is 0. The molecule has 20 heavy (non-hydrogen) atoms. The Balaban J connectivity index is 1.69. The maximum Gasteiger partial charge on any atom is 0.0210 e. The van der Waals surface area contributed by atoms with E-state index in [-0.39, 0.29) is 0 Å². The van der Waals surface area contributed by atoms with E-state index in [2.05, 4.69) is 61.6 Å². The van der Waals surface area contributed by atoms with Crippen LogP contribution in [0.1, 0.15) is 29.5 Å². The molecule has 2 heteroatoms. The lowest BCUT2D eigenvalue weighted by molar-refractivity contribution is 0.685. The molecule has 0 aromatic heterocycles. The average Bonchev–Trinajstić information content (AvgIpc) is 3.22. The first-order chi connectivity index (χ1) is 9.70. The molecule has 3 rings (SSSR count). The van der Waals surface area contributed by atoms with Crippen LogP contribution in [0.4, 0.5) is 0 Å². The Morgan fingerprint density at radius 3 is 2.55 bits per heavy atom. The minimum Gasteiger partial charge on any atom is -0.310 e. The highest BCUT2D eigenvalue weighted by Gasteiger charge is 2.20. The second-order valence-electron chi connectivity index (χ2n) is 5.66. The molecule has 1 N–H and O–H groups in total. The molecule has 2 aromatic carbocycles. The lowest BCUT2D eigenvalue weighted by atomic mass is 10.1.